The Bertz CT molecular complexity index is 590. The molecule has 1 aromatic rings. The molecule has 0 radical (unpaired) electrons. The smallest absolute Gasteiger partial charge is 0.410 e. The molecule has 2 aliphatic rings. The van der Waals surface area contributed by atoms with Gasteiger partial charge in [0.05, 0.1) is 5.69 Å². The molecule has 0 spiro atoms. The van der Waals surface area contributed by atoms with Crippen molar-refractivity contribution in [2.75, 3.05) is 18.1 Å². The number of nitrogens with two attached hydrogens (primary N) is 1. The molecule has 0 atom stereocenters. The van der Waals surface area contributed by atoms with Crippen molar-refractivity contribution in [2.24, 2.45) is 11.8 Å². The predicted octanol–water partition coefficient (Wildman–Crippen LogP) is 3.07. The summed E-state index contributed by atoms with van der Waals surface area (Å²) in [6, 6.07) is 6.20. The third-order valence-corrected chi connectivity index (χ3v) is 4.35. The highest BCUT2D eigenvalue weighted by Crippen LogP contribution is 2.33. The van der Waals surface area contributed by atoms with Crippen molar-refractivity contribution >= 4 is 11.8 Å². The fraction of sp³-hybridized carbons (Fsp3) is 0.611. The Morgan fingerprint density at radius 2 is 2.13 bits per heavy atom. The Hall–Kier alpha value is -1.75. The molecule has 23 heavy (non-hydrogen) atoms. The molecule has 1 fully saturated rings. The van der Waals surface area contributed by atoms with Crippen LogP contribution >= 0.6 is 0 Å². The fourth-order valence-corrected chi connectivity index (χ4v) is 3.02. The van der Waals surface area contributed by atoms with Crippen LogP contribution in [0.4, 0.5) is 10.5 Å². The Labute approximate surface area is 138 Å². The van der Waals surface area contributed by atoms with Gasteiger partial charge in [0.25, 0.3) is 0 Å². The molecular weight excluding hydrogens is 290 g/mol. The predicted molar refractivity (Wildman–Crippen MR) is 91.0 cm³/mol. The van der Waals surface area contributed by atoms with Crippen LogP contribution in [0.25, 0.3) is 0 Å². The van der Waals surface area contributed by atoms with Crippen molar-refractivity contribution in [2.45, 2.75) is 52.2 Å². The summed E-state index contributed by atoms with van der Waals surface area (Å²) in [5, 5.41) is 1.89. The molecule has 1 heterocycles. The van der Waals surface area contributed by atoms with Crippen molar-refractivity contribution in [3.8, 4) is 0 Å². The second kappa shape index (κ2) is 6.04. The Morgan fingerprint density at radius 3 is 2.78 bits per heavy atom. The molecule has 0 aromatic heterocycles. The van der Waals surface area contributed by atoms with Crippen LogP contribution in [0.2, 0.25) is 0 Å². The molecule has 0 bridgehead atoms. The first-order chi connectivity index (χ1) is 10.8. The SMILES string of the molecule is CC(C)(C)OC(=O)N1CCc2c(cccc2N(N)CC2CC2)C1. The molecule has 2 N–H and O–H groups in total. The van der Waals surface area contributed by atoms with Crippen molar-refractivity contribution in [1.82, 2.24) is 4.90 Å². The Kier molecular flexibility index (Phi) is 4.23. The maximum atomic E-state index is 12.3. The third-order valence-electron chi connectivity index (χ3n) is 4.35. The van der Waals surface area contributed by atoms with Crippen LogP contribution < -0.4 is 10.9 Å². The van der Waals surface area contributed by atoms with Gasteiger partial charge in [-0.1, -0.05) is 12.1 Å². The number of ether oxygens (including phenoxy) is 1. The standard InChI is InChI=1S/C18H27N3O2/c1-18(2,3)23-17(22)20-10-9-15-14(12-20)5-4-6-16(15)21(19)11-13-7-8-13/h4-6,13H,7-12,19H2,1-3H3. The quantitative estimate of drug-likeness (QED) is 0.687. The number of hydrogen-bond donors (Lipinski definition) is 1. The lowest BCUT2D eigenvalue weighted by atomic mass is 9.97. The van der Waals surface area contributed by atoms with Gasteiger partial charge in [-0.3, -0.25) is 0 Å². The van der Waals surface area contributed by atoms with E-state index in [2.05, 4.69) is 12.1 Å². The van der Waals surface area contributed by atoms with E-state index < -0.39 is 5.60 Å². The molecule has 5 nitrogen and oxygen atoms in total. The number of rotatable bonds is 3. The summed E-state index contributed by atoms with van der Waals surface area (Å²) in [4.78, 5) is 14.0. The highest BCUT2D eigenvalue weighted by atomic mass is 16.6. The number of fused-ring (bicyclic) bond motifs is 1. The van der Waals surface area contributed by atoms with Crippen LogP contribution in [0.3, 0.4) is 0 Å². The monoisotopic (exact) mass is 317 g/mol. The first kappa shape index (κ1) is 16.1. The normalized spacial score (nSPS) is 17.7. The van der Waals surface area contributed by atoms with Gasteiger partial charge in [0, 0.05) is 19.6 Å². The lowest BCUT2D eigenvalue weighted by Crippen LogP contribution is -2.41. The van der Waals surface area contributed by atoms with Gasteiger partial charge in [-0.05, 0) is 63.1 Å². The van der Waals surface area contributed by atoms with Gasteiger partial charge < -0.3 is 14.6 Å². The maximum Gasteiger partial charge on any atom is 0.410 e. The molecule has 126 valence electrons. The largest absolute Gasteiger partial charge is 0.444 e. The van der Waals surface area contributed by atoms with Crippen LogP contribution in [-0.4, -0.2) is 29.7 Å². The molecule has 1 aliphatic heterocycles. The number of hydrazine groups is 1. The first-order valence-electron chi connectivity index (χ1n) is 8.44. The zero-order valence-electron chi connectivity index (χ0n) is 14.3. The van der Waals surface area contributed by atoms with E-state index in [1.165, 1.54) is 24.0 Å². The summed E-state index contributed by atoms with van der Waals surface area (Å²) in [7, 11) is 0. The van der Waals surface area contributed by atoms with E-state index in [4.69, 9.17) is 10.6 Å². The van der Waals surface area contributed by atoms with Gasteiger partial charge in [0.15, 0.2) is 0 Å². The minimum Gasteiger partial charge on any atom is -0.444 e. The van der Waals surface area contributed by atoms with Crippen LogP contribution in [0.1, 0.15) is 44.7 Å². The van der Waals surface area contributed by atoms with E-state index in [9.17, 15) is 4.79 Å². The first-order valence-corrected chi connectivity index (χ1v) is 8.44. The van der Waals surface area contributed by atoms with E-state index in [1.807, 2.05) is 31.8 Å². The molecule has 1 aromatic carbocycles. The van der Waals surface area contributed by atoms with Crippen LogP contribution in [0, 0.1) is 5.92 Å². The number of hydrogen-bond acceptors (Lipinski definition) is 4. The van der Waals surface area contributed by atoms with Gasteiger partial charge in [0.1, 0.15) is 5.60 Å². The minimum atomic E-state index is -0.461. The highest BCUT2D eigenvalue weighted by molar-refractivity contribution is 5.69. The molecular formula is C18H27N3O2. The zero-order chi connectivity index (χ0) is 16.6. The van der Waals surface area contributed by atoms with E-state index in [0.29, 0.717) is 13.1 Å². The topological polar surface area (TPSA) is 58.8 Å². The van der Waals surface area contributed by atoms with Crippen molar-refractivity contribution < 1.29 is 9.53 Å². The van der Waals surface area contributed by atoms with Gasteiger partial charge in [-0.2, -0.15) is 0 Å². The number of anilines is 1. The summed E-state index contributed by atoms with van der Waals surface area (Å²) < 4.78 is 5.48. The van der Waals surface area contributed by atoms with E-state index >= 15 is 0 Å². The number of carbonyl (C=O) groups is 1. The van der Waals surface area contributed by atoms with Crippen molar-refractivity contribution in [3.63, 3.8) is 0 Å². The number of nitrogens with zero attached hydrogens (tertiary/aromatic N) is 2. The Balaban J connectivity index is 1.72. The van der Waals surface area contributed by atoms with E-state index in [-0.39, 0.29) is 6.09 Å². The molecule has 0 unspecified atom stereocenters. The van der Waals surface area contributed by atoms with Crippen LogP contribution in [0.15, 0.2) is 18.2 Å². The Morgan fingerprint density at radius 1 is 1.39 bits per heavy atom. The van der Waals surface area contributed by atoms with E-state index in [0.717, 1.165) is 24.6 Å². The molecule has 5 heteroatoms. The summed E-state index contributed by atoms with van der Waals surface area (Å²) in [6.45, 7) is 7.87. The molecule has 0 saturated heterocycles. The minimum absolute atomic E-state index is 0.240. The molecule has 1 aliphatic carbocycles. The number of carbonyl (C=O) groups excluding carboxylic acids is 1. The summed E-state index contributed by atoms with van der Waals surface area (Å²) in [5.74, 6) is 7.01. The maximum absolute atomic E-state index is 12.3. The second-order valence-corrected chi connectivity index (χ2v) is 7.66. The lowest BCUT2D eigenvalue weighted by molar-refractivity contribution is 0.0224. The average Bonchev–Trinajstić information content (AvgIpc) is 3.28. The molecule has 1 saturated carbocycles. The van der Waals surface area contributed by atoms with Gasteiger partial charge >= 0.3 is 6.09 Å². The highest BCUT2D eigenvalue weighted by Gasteiger charge is 2.29. The van der Waals surface area contributed by atoms with Crippen LogP contribution in [0.5, 0.6) is 0 Å². The summed E-state index contributed by atoms with van der Waals surface area (Å²) in [5.41, 5.74) is 3.09. The van der Waals surface area contributed by atoms with Gasteiger partial charge in [0.2, 0.25) is 0 Å². The molecule has 1 amide bonds. The fourth-order valence-electron chi connectivity index (χ4n) is 3.02. The van der Waals surface area contributed by atoms with Gasteiger partial charge in [-0.25, -0.2) is 10.6 Å². The average molecular weight is 317 g/mol. The van der Waals surface area contributed by atoms with Crippen molar-refractivity contribution in [1.29, 1.82) is 0 Å². The second-order valence-electron chi connectivity index (χ2n) is 7.66. The zero-order valence-corrected chi connectivity index (χ0v) is 14.3. The summed E-state index contributed by atoms with van der Waals surface area (Å²) in [6.07, 6.45) is 3.16. The van der Waals surface area contributed by atoms with Crippen LogP contribution in [-0.2, 0) is 17.7 Å². The number of benzene rings is 1. The third kappa shape index (κ3) is 3.96. The van der Waals surface area contributed by atoms with Crippen molar-refractivity contribution in [3.05, 3.63) is 29.3 Å². The molecule has 3 rings (SSSR count). The van der Waals surface area contributed by atoms with E-state index in [1.54, 1.807) is 4.90 Å². The number of amides is 1. The lowest BCUT2D eigenvalue weighted by Gasteiger charge is -2.33. The summed E-state index contributed by atoms with van der Waals surface area (Å²) >= 11 is 0. The van der Waals surface area contributed by atoms with Gasteiger partial charge in [-0.15, -0.1) is 0 Å².